The minimum Gasteiger partial charge on any atom is -0.392 e. The van der Waals surface area contributed by atoms with Gasteiger partial charge in [-0.25, -0.2) is 4.98 Å². The summed E-state index contributed by atoms with van der Waals surface area (Å²) in [5.74, 6) is 0. The monoisotopic (exact) mass is 220 g/mol. The van der Waals surface area contributed by atoms with Gasteiger partial charge >= 0.3 is 0 Å². The molecule has 2 rings (SSSR count). The number of hydrogen-bond acceptors (Lipinski definition) is 4. The predicted octanol–water partition coefficient (Wildman–Crippen LogP) is 2.34. The van der Waals surface area contributed by atoms with Crippen molar-refractivity contribution in [3.63, 3.8) is 0 Å². The maximum atomic E-state index is 8.92. The van der Waals surface area contributed by atoms with Crippen molar-refractivity contribution >= 4 is 16.5 Å². The van der Waals surface area contributed by atoms with E-state index in [9.17, 15) is 0 Å². The Bertz CT molecular complexity index is 436. The first kappa shape index (κ1) is 10.1. The Balaban J connectivity index is 2.28. The molecule has 15 heavy (non-hydrogen) atoms. The van der Waals surface area contributed by atoms with Gasteiger partial charge in [-0.15, -0.1) is 11.3 Å². The average Bonchev–Trinajstić information content (AvgIpc) is 2.78. The summed E-state index contributed by atoms with van der Waals surface area (Å²) in [5.41, 5.74) is 2.96. The molecular weight excluding hydrogens is 208 g/mol. The lowest BCUT2D eigenvalue weighted by Gasteiger charge is -1.98. The van der Waals surface area contributed by atoms with Crippen LogP contribution >= 0.6 is 11.3 Å². The molecule has 0 saturated carbocycles. The standard InChI is InChI=1S/C11H12N2OS/c1-12-11-13-10(7-15-11)9-4-2-8(6-14)3-5-9/h2-5,7,14H,6H2,1H3,(H,12,13). The van der Waals surface area contributed by atoms with Crippen molar-refractivity contribution in [3.8, 4) is 11.3 Å². The highest BCUT2D eigenvalue weighted by atomic mass is 32.1. The quantitative estimate of drug-likeness (QED) is 0.834. The highest BCUT2D eigenvalue weighted by Gasteiger charge is 2.02. The second-order valence-electron chi connectivity index (χ2n) is 3.14. The predicted molar refractivity (Wildman–Crippen MR) is 63.0 cm³/mol. The minimum atomic E-state index is 0.0825. The van der Waals surface area contributed by atoms with Gasteiger partial charge in [-0.2, -0.15) is 0 Å². The zero-order valence-electron chi connectivity index (χ0n) is 8.40. The smallest absolute Gasteiger partial charge is 0.182 e. The topological polar surface area (TPSA) is 45.2 Å². The molecule has 0 saturated heterocycles. The van der Waals surface area contributed by atoms with Crippen molar-refractivity contribution in [2.75, 3.05) is 12.4 Å². The van der Waals surface area contributed by atoms with E-state index >= 15 is 0 Å². The summed E-state index contributed by atoms with van der Waals surface area (Å²) in [4.78, 5) is 4.40. The molecule has 0 bridgehead atoms. The Hall–Kier alpha value is -1.39. The van der Waals surface area contributed by atoms with Gasteiger partial charge in [0.2, 0.25) is 0 Å². The number of thiazole rings is 1. The molecule has 2 aromatic rings. The summed E-state index contributed by atoms with van der Waals surface area (Å²) in [6, 6.07) is 7.77. The molecule has 0 fully saturated rings. The molecule has 78 valence electrons. The molecule has 0 spiro atoms. The third kappa shape index (κ3) is 2.16. The zero-order chi connectivity index (χ0) is 10.7. The van der Waals surface area contributed by atoms with E-state index in [2.05, 4.69) is 10.3 Å². The van der Waals surface area contributed by atoms with Crippen LogP contribution in [0.1, 0.15) is 5.56 Å². The average molecular weight is 220 g/mol. The lowest BCUT2D eigenvalue weighted by atomic mass is 10.1. The first-order valence-electron chi connectivity index (χ1n) is 4.67. The van der Waals surface area contributed by atoms with Gasteiger partial charge in [-0.3, -0.25) is 0 Å². The van der Waals surface area contributed by atoms with Crippen LogP contribution in [0.3, 0.4) is 0 Å². The van der Waals surface area contributed by atoms with E-state index in [1.165, 1.54) is 0 Å². The van der Waals surface area contributed by atoms with Crippen molar-refractivity contribution in [2.45, 2.75) is 6.61 Å². The van der Waals surface area contributed by atoms with Gasteiger partial charge in [0.1, 0.15) is 0 Å². The fourth-order valence-electron chi connectivity index (χ4n) is 1.30. The fourth-order valence-corrected chi connectivity index (χ4v) is 1.98. The lowest BCUT2D eigenvalue weighted by molar-refractivity contribution is 0.282. The first-order chi connectivity index (χ1) is 7.33. The lowest BCUT2D eigenvalue weighted by Crippen LogP contribution is -1.86. The van der Waals surface area contributed by atoms with Crippen molar-refractivity contribution in [1.82, 2.24) is 4.98 Å². The molecule has 0 atom stereocenters. The van der Waals surface area contributed by atoms with Crippen LogP contribution in [0.4, 0.5) is 5.13 Å². The van der Waals surface area contributed by atoms with Crippen molar-refractivity contribution in [3.05, 3.63) is 35.2 Å². The second-order valence-corrected chi connectivity index (χ2v) is 4.00. The molecule has 1 aromatic carbocycles. The number of aliphatic hydroxyl groups is 1. The van der Waals surface area contributed by atoms with Gasteiger partial charge in [0.15, 0.2) is 5.13 Å². The summed E-state index contributed by atoms with van der Waals surface area (Å²) >= 11 is 1.58. The first-order valence-corrected chi connectivity index (χ1v) is 5.55. The normalized spacial score (nSPS) is 10.3. The largest absolute Gasteiger partial charge is 0.392 e. The van der Waals surface area contributed by atoms with E-state index in [4.69, 9.17) is 5.11 Å². The van der Waals surface area contributed by atoms with Crippen LogP contribution in [0.5, 0.6) is 0 Å². The number of hydrogen-bond donors (Lipinski definition) is 2. The SMILES string of the molecule is CNc1nc(-c2ccc(CO)cc2)cs1. The molecule has 1 aromatic heterocycles. The van der Waals surface area contributed by atoms with Crippen LogP contribution in [0, 0.1) is 0 Å². The summed E-state index contributed by atoms with van der Waals surface area (Å²) < 4.78 is 0. The van der Waals surface area contributed by atoms with Crippen LogP contribution in [0.25, 0.3) is 11.3 Å². The molecule has 0 radical (unpaired) electrons. The van der Waals surface area contributed by atoms with Crippen LogP contribution < -0.4 is 5.32 Å². The Morgan fingerprint density at radius 1 is 1.33 bits per heavy atom. The van der Waals surface area contributed by atoms with Gasteiger partial charge in [-0.05, 0) is 5.56 Å². The summed E-state index contributed by atoms with van der Waals surface area (Å²) in [7, 11) is 1.86. The van der Waals surface area contributed by atoms with Gasteiger partial charge < -0.3 is 10.4 Å². The van der Waals surface area contributed by atoms with Gasteiger partial charge in [0, 0.05) is 18.0 Å². The molecule has 1 heterocycles. The number of anilines is 1. The number of aromatic nitrogens is 1. The fraction of sp³-hybridized carbons (Fsp3) is 0.182. The highest BCUT2D eigenvalue weighted by Crippen LogP contribution is 2.24. The molecule has 0 unspecified atom stereocenters. The van der Waals surface area contributed by atoms with E-state index < -0.39 is 0 Å². The second kappa shape index (κ2) is 4.42. The summed E-state index contributed by atoms with van der Waals surface area (Å²) in [5, 5.41) is 14.9. The number of nitrogens with one attached hydrogen (secondary N) is 1. The Morgan fingerprint density at radius 3 is 2.60 bits per heavy atom. The Labute approximate surface area is 92.4 Å². The van der Waals surface area contributed by atoms with Crippen molar-refractivity contribution < 1.29 is 5.11 Å². The van der Waals surface area contributed by atoms with Crippen molar-refractivity contribution in [2.24, 2.45) is 0 Å². The summed E-state index contributed by atoms with van der Waals surface area (Å²) in [6.07, 6.45) is 0. The Morgan fingerprint density at radius 2 is 2.07 bits per heavy atom. The van der Waals surface area contributed by atoms with E-state index in [1.54, 1.807) is 11.3 Å². The van der Waals surface area contributed by atoms with Crippen LogP contribution in [-0.4, -0.2) is 17.1 Å². The zero-order valence-corrected chi connectivity index (χ0v) is 9.21. The maximum Gasteiger partial charge on any atom is 0.182 e. The van der Waals surface area contributed by atoms with E-state index in [1.807, 2.05) is 36.7 Å². The molecule has 3 nitrogen and oxygen atoms in total. The number of benzene rings is 1. The highest BCUT2D eigenvalue weighted by molar-refractivity contribution is 7.14. The maximum absolute atomic E-state index is 8.92. The van der Waals surface area contributed by atoms with Crippen LogP contribution in [0.15, 0.2) is 29.6 Å². The molecule has 0 amide bonds. The summed E-state index contributed by atoms with van der Waals surface area (Å²) in [6.45, 7) is 0.0825. The number of aliphatic hydroxyl groups excluding tert-OH is 1. The van der Waals surface area contributed by atoms with Gasteiger partial charge in [0.05, 0.1) is 12.3 Å². The van der Waals surface area contributed by atoms with E-state index in [0.29, 0.717) is 0 Å². The Kier molecular flexibility index (Phi) is 2.99. The third-order valence-electron chi connectivity index (χ3n) is 2.15. The van der Waals surface area contributed by atoms with Crippen molar-refractivity contribution in [1.29, 1.82) is 0 Å². The van der Waals surface area contributed by atoms with E-state index in [0.717, 1.165) is 22.0 Å². The van der Waals surface area contributed by atoms with Gasteiger partial charge in [0.25, 0.3) is 0 Å². The molecule has 2 N–H and O–H groups in total. The molecule has 0 aliphatic rings. The molecule has 4 heteroatoms. The third-order valence-corrected chi connectivity index (χ3v) is 3.01. The number of nitrogens with zero attached hydrogens (tertiary/aromatic N) is 1. The minimum absolute atomic E-state index is 0.0825. The number of rotatable bonds is 3. The molecule has 0 aliphatic carbocycles. The van der Waals surface area contributed by atoms with Crippen LogP contribution in [-0.2, 0) is 6.61 Å². The van der Waals surface area contributed by atoms with Crippen LogP contribution in [0.2, 0.25) is 0 Å². The van der Waals surface area contributed by atoms with E-state index in [-0.39, 0.29) is 6.61 Å². The molecular formula is C11H12N2OS. The van der Waals surface area contributed by atoms with Gasteiger partial charge in [-0.1, -0.05) is 24.3 Å². The molecule has 0 aliphatic heterocycles.